The number of hydrogen-bond acceptors (Lipinski definition) is 1. The van der Waals surface area contributed by atoms with Crippen molar-refractivity contribution in [2.45, 2.75) is 6.92 Å². The number of nitrogens with zero attached hydrogens (tertiary/aromatic N) is 1. The van der Waals surface area contributed by atoms with Gasteiger partial charge in [0.1, 0.15) is 0 Å². The van der Waals surface area contributed by atoms with Crippen molar-refractivity contribution < 1.29 is 0 Å². The number of aromatic nitrogens is 1. The maximum atomic E-state index is 5.23. The lowest BCUT2D eigenvalue weighted by Gasteiger charge is -1.90. The molecule has 0 aromatic carbocycles. The fraction of sp³-hybridized carbons (Fsp3) is 0.125. The quantitative estimate of drug-likeness (QED) is 0.548. The van der Waals surface area contributed by atoms with E-state index in [2.05, 4.69) is 4.98 Å². The van der Waals surface area contributed by atoms with E-state index >= 15 is 0 Å². The van der Waals surface area contributed by atoms with E-state index in [0.29, 0.717) is 0 Å². The highest BCUT2D eigenvalue weighted by Gasteiger charge is 1.83. The third-order valence-electron chi connectivity index (χ3n) is 1.13. The summed E-state index contributed by atoms with van der Waals surface area (Å²) in [6.07, 6.45) is 3.28. The van der Waals surface area contributed by atoms with Crippen LogP contribution in [-0.4, -0.2) is 4.98 Å². The van der Waals surface area contributed by atoms with Crippen LogP contribution in [0.3, 0.4) is 0 Å². The van der Waals surface area contributed by atoms with E-state index in [1.807, 2.05) is 19.1 Å². The van der Waals surface area contributed by atoms with E-state index in [4.69, 9.17) is 6.58 Å². The Labute approximate surface area is 55.1 Å². The van der Waals surface area contributed by atoms with Gasteiger partial charge in [-0.25, -0.2) is 0 Å². The summed E-state index contributed by atoms with van der Waals surface area (Å²) in [6, 6.07) is 3.86. The van der Waals surface area contributed by atoms with Gasteiger partial charge in [-0.15, -0.1) is 0 Å². The fourth-order valence-electron chi connectivity index (χ4n) is 0.578. The van der Waals surface area contributed by atoms with Crippen molar-refractivity contribution in [1.29, 1.82) is 0 Å². The summed E-state index contributed by atoms with van der Waals surface area (Å²) in [5, 5.41) is 0. The first-order valence-corrected chi connectivity index (χ1v) is 2.80. The molecule has 1 rings (SSSR count). The molecule has 0 unspecified atom stereocenters. The van der Waals surface area contributed by atoms with Gasteiger partial charge in [0.2, 0.25) is 0 Å². The number of aryl methyl sites for hydroxylation is 1. The van der Waals surface area contributed by atoms with Crippen molar-refractivity contribution in [1.82, 2.24) is 4.98 Å². The smallest absolute Gasteiger partial charge is 0.0373 e. The molecule has 0 aliphatic rings. The molecule has 0 atom stereocenters. The lowest BCUT2D eigenvalue weighted by atomic mass is 10.2. The second kappa shape index (κ2) is 2.44. The van der Waals surface area contributed by atoms with Gasteiger partial charge in [0.15, 0.2) is 0 Å². The van der Waals surface area contributed by atoms with E-state index in [-0.39, 0.29) is 0 Å². The van der Waals surface area contributed by atoms with Gasteiger partial charge in [0, 0.05) is 11.9 Å². The van der Waals surface area contributed by atoms with Crippen LogP contribution in [0.5, 0.6) is 0 Å². The van der Waals surface area contributed by atoms with Crippen LogP contribution in [0.1, 0.15) is 11.3 Å². The van der Waals surface area contributed by atoms with Crippen molar-refractivity contribution >= 4 is 6.08 Å². The molecule has 1 heteroatoms. The molecule has 1 aromatic heterocycles. The Kier molecular flexibility index (Phi) is 1.63. The Bertz CT molecular complexity index is 198. The maximum absolute atomic E-state index is 5.23. The Morgan fingerprint density at radius 1 is 1.56 bits per heavy atom. The highest BCUT2D eigenvalue weighted by Crippen LogP contribution is 1.98. The van der Waals surface area contributed by atoms with E-state index < -0.39 is 0 Å². The summed E-state index contributed by atoms with van der Waals surface area (Å²) < 4.78 is 0. The second-order valence-corrected chi connectivity index (χ2v) is 1.90. The molecule has 0 saturated carbocycles. The molecule has 0 bridgehead atoms. The third kappa shape index (κ3) is 1.39. The van der Waals surface area contributed by atoms with Gasteiger partial charge < -0.3 is 0 Å². The topological polar surface area (TPSA) is 12.9 Å². The van der Waals surface area contributed by atoms with Gasteiger partial charge >= 0.3 is 0 Å². The minimum Gasteiger partial charge on any atom is -0.261 e. The predicted molar refractivity (Wildman–Crippen MR) is 37.7 cm³/mol. The molecule has 0 N–H and O–H groups in total. The highest BCUT2D eigenvalue weighted by molar-refractivity contribution is 5.43. The second-order valence-electron chi connectivity index (χ2n) is 1.90. The molecule has 1 radical (unpaired) electrons. The van der Waals surface area contributed by atoms with Gasteiger partial charge in [-0.2, -0.15) is 0 Å². The zero-order valence-corrected chi connectivity index (χ0v) is 5.33. The van der Waals surface area contributed by atoms with Gasteiger partial charge in [-0.05, 0) is 18.6 Å². The standard InChI is InChI=1S/C8H8N/c1-3-8-5-4-7(2)9-6-8/h1,3-6H,2H3. The van der Waals surface area contributed by atoms with E-state index in [0.717, 1.165) is 11.3 Å². The molecule has 1 heterocycles. The molecule has 1 nitrogen and oxygen atoms in total. The minimum absolute atomic E-state index is 0.959. The highest BCUT2D eigenvalue weighted by atomic mass is 14.6. The van der Waals surface area contributed by atoms with Crippen LogP contribution in [0.2, 0.25) is 0 Å². The van der Waals surface area contributed by atoms with Crippen LogP contribution in [0, 0.1) is 13.5 Å². The lowest BCUT2D eigenvalue weighted by molar-refractivity contribution is 1.19. The van der Waals surface area contributed by atoms with Crippen LogP contribution in [0.4, 0.5) is 0 Å². The van der Waals surface area contributed by atoms with Crippen molar-refractivity contribution in [3.63, 3.8) is 0 Å². The Balaban J connectivity index is 3.01. The summed E-state index contributed by atoms with van der Waals surface area (Å²) in [5.41, 5.74) is 1.97. The number of pyridine rings is 1. The van der Waals surface area contributed by atoms with Crippen molar-refractivity contribution in [2.75, 3.05) is 0 Å². The molecule has 0 saturated heterocycles. The van der Waals surface area contributed by atoms with Crippen molar-refractivity contribution in [3.8, 4) is 0 Å². The predicted octanol–water partition coefficient (Wildman–Crippen LogP) is 1.84. The van der Waals surface area contributed by atoms with E-state index in [9.17, 15) is 0 Å². The van der Waals surface area contributed by atoms with E-state index in [1.54, 1.807) is 6.20 Å². The molecule has 0 aliphatic carbocycles. The lowest BCUT2D eigenvalue weighted by Crippen LogP contribution is -1.78. The summed E-state index contributed by atoms with van der Waals surface area (Å²) in [5.74, 6) is 0. The van der Waals surface area contributed by atoms with Crippen LogP contribution < -0.4 is 0 Å². The summed E-state index contributed by atoms with van der Waals surface area (Å²) >= 11 is 0. The maximum Gasteiger partial charge on any atom is 0.0373 e. The van der Waals surface area contributed by atoms with E-state index in [1.165, 1.54) is 6.08 Å². The van der Waals surface area contributed by atoms with Crippen LogP contribution in [-0.2, 0) is 0 Å². The van der Waals surface area contributed by atoms with Crippen LogP contribution >= 0.6 is 0 Å². The van der Waals surface area contributed by atoms with Gasteiger partial charge in [0.05, 0.1) is 0 Å². The van der Waals surface area contributed by atoms with Crippen LogP contribution in [0.25, 0.3) is 6.08 Å². The molecule has 9 heavy (non-hydrogen) atoms. The molecule has 45 valence electrons. The summed E-state index contributed by atoms with van der Waals surface area (Å²) in [7, 11) is 0. The number of rotatable bonds is 1. The van der Waals surface area contributed by atoms with Gasteiger partial charge in [-0.3, -0.25) is 4.98 Å². The molecule has 0 amide bonds. The molecule has 0 fully saturated rings. The average molecular weight is 118 g/mol. The molecule has 0 spiro atoms. The normalized spacial score (nSPS) is 9.00. The molecular formula is C8H8N. The zero-order valence-electron chi connectivity index (χ0n) is 5.33. The summed E-state index contributed by atoms with van der Waals surface area (Å²) in [6.45, 7) is 7.18. The molecular weight excluding hydrogens is 110 g/mol. The number of hydrogen-bond donors (Lipinski definition) is 0. The van der Waals surface area contributed by atoms with Gasteiger partial charge in [0.25, 0.3) is 0 Å². The Morgan fingerprint density at radius 2 is 2.33 bits per heavy atom. The van der Waals surface area contributed by atoms with Gasteiger partial charge in [-0.1, -0.05) is 18.7 Å². The molecule has 0 aliphatic heterocycles. The van der Waals surface area contributed by atoms with Crippen molar-refractivity contribution in [2.24, 2.45) is 0 Å². The first kappa shape index (κ1) is 6.02. The van der Waals surface area contributed by atoms with Crippen LogP contribution in [0.15, 0.2) is 18.3 Å². The minimum atomic E-state index is 0.959. The monoisotopic (exact) mass is 118 g/mol. The Morgan fingerprint density at radius 3 is 2.78 bits per heavy atom. The van der Waals surface area contributed by atoms with Crippen molar-refractivity contribution in [3.05, 3.63) is 36.2 Å². The summed E-state index contributed by atoms with van der Waals surface area (Å²) in [4.78, 5) is 4.04. The zero-order chi connectivity index (χ0) is 6.69. The first-order chi connectivity index (χ1) is 4.33. The largest absolute Gasteiger partial charge is 0.261 e. The first-order valence-electron chi connectivity index (χ1n) is 2.80. The molecule has 1 aromatic rings. The average Bonchev–Trinajstić information content (AvgIpc) is 1.90. The third-order valence-corrected chi connectivity index (χ3v) is 1.13. The fourth-order valence-corrected chi connectivity index (χ4v) is 0.578. The Hall–Kier alpha value is -1.11. The SMILES string of the molecule is [CH]=Cc1ccc(C)nc1.